The largest absolute Gasteiger partial charge is 0.396 e. The topological polar surface area (TPSA) is 32.3 Å². The van der Waals surface area contributed by atoms with E-state index in [1.807, 2.05) is 18.2 Å². The molecule has 0 aliphatic heterocycles. The molecule has 1 aromatic carbocycles. The van der Waals surface area contributed by atoms with Crippen LogP contribution < -0.4 is 5.32 Å². The van der Waals surface area contributed by atoms with E-state index in [0.717, 1.165) is 19.5 Å². The van der Waals surface area contributed by atoms with E-state index in [1.165, 1.54) is 11.1 Å². The average Bonchev–Trinajstić information content (AvgIpc) is 2.26. The van der Waals surface area contributed by atoms with Gasteiger partial charge < -0.3 is 10.4 Å². The highest BCUT2D eigenvalue weighted by molar-refractivity contribution is 5.52. The fraction of sp³-hybridized carbons (Fsp3) is 0.385. The molecule has 0 amide bonds. The Bertz CT molecular complexity index is 293. The first-order valence-electron chi connectivity index (χ1n) is 5.36. The Labute approximate surface area is 91.6 Å². The van der Waals surface area contributed by atoms with E-state index in [4.69, 9.17) is 5.11 Å². The number of rotatable bonds is 6. The summed E-state index contributed by atoms with van der Waals surface area (Å²) >= 11 is 0. The van der Waals surface area contributed by atoms with Gasteiger partial charge in [-0.25, -0.2) is 0 Å². The summed E-state index contributed by atoms with van der Waals surface area (Å²) in [6.45, 7) is 4.12. The number of aliphatic hydroxyl groups is 1. The maximum atomic E-state index is 8.61. The lowest BCUT2D eigenvalue weighted by molar-refractivity contribution is 0.287. The molecule has 0 spiro atoms. The molecule has 0 aliphatic carbocycles. The Morgan fingerprint density at radius 1 is 1.33 bits per heavy atom. The molecule has 0 unspecified atom stereocenters. The van der Waals surface area contributed by atoms with Crippen molar-refractivity contribution in [2.75, 3.05) is 19.7 Å². The van der Waals surface area contributed by atoms with Crippen molar-refractivity contribution < 1.29 is 5.11 Å². The van der Waals surface area contributed by atoms with E-state index < -0.39 is 0 Å². The quantitative estimate of drug-likeness (QED) is 0.697. The van der Waals surface area contributed by atoms with Gasteiger partial charge in [0.15, 0.2) is 0 Å². The Balaban J connectivity index is 2.33. The minimum Gasteiger partial charge on any atom is -0.396 e. The van der Waals surface area contributed by atoms with Gasteiger partial charge in [0.25, 0.3) is 0 Å². The van der Waals surface area contributed by atoms with E-state index in [1.54, 1.807) is 0 Å². The maximum Gasteiger partial charge on any atom is 0.0443 e. The summed E-state index contributed by atoms with van der Waals surface area (Å²) in [4.78, 5) is 0. The van der Waals surface area contributed by atoms with Gasteiger partial charge in [0.2, 0.25) is 0 Å². The lowest BCUT2D eigenvalue weighted by atomic mass is 10.1. The van der Waals surface area contributed by atoms with Crippen LogP contribution in [0.15, 0.2) is 35.9 Å². The van der Waals surface area contributed by atoms with Crippen molar-refractivity contribution >= 4 is 6.08 Å². The third kappa shape index (κ3) is 5.35. The van der Waals surface area contributed by atoms with Crippen LogP contribution in [0.1, 0.15) is 18.9 Å². The third-order valence-electron chi connectivity index (χ3n) is 2.13. The molecule has 0 bridgehead atoms. The molecule has 0 fully saturated rings. The van der Waals surface area contributed by atoms with Crippen LogP contribution >= 0.6 is 0 Å². The summed E-state index contributed by atoms with van der Waals surface area (Å²) in [5, 5.41) is 11.9. The standard InChI is InChI=1S/C13H19NO/c1-12(11-14-8-5-9-15)10-13-6-3-2-4-7-13/h2-4,6-7,10,14-15H,5,8-9,11H2,1H3/b12-10-. The van der Waals surface area contributed by atoms with Gasteiger partial charge in [-0.2, -0.15) is 0 Å². The molecule has 82 valence electrons. The zero-order valence-electron chi connectivity index (χ0n) is 9.24. The summed E-state index contributed by atoms with van der Waals surface area (Å²) in [6.07, 6.45) is 2.99. The van der Waals surface area contributed by atoms with Crippen LogP contribution in [0.2, 0.25) is 0 Å². The van der Waals surface area contributed by atoms with Crippen LogP contribution in [0.25, 0.3) is 6.08 Å². The summed E-state index contributed by atoms with van der Waals surface area (Å²) in [5.74, 6) is 0. The maximum absolute atomic E-state index is 8.61. The monoisotopic (exact) mass is 205 g/mol. The van der Waals surface area contributed by atoms with Gasteiger partial charge in [0.1, 0.15) is 0 Å². The second kappa shape index (κ2) is 7.21. The molecule has 0 atom stereocenters. The van der Waals surface area contributed by atoms with Crippen molar-refractivity contribution in [1.82, 2.24) is 5.32 Å². The fourth-order valence-electron chi connectivity index (χ4n) is 1.37. The van der Waals surface area contributed by atoms with Crippen LogP contribution in [-0.4, -0.2) is 24.8 Å². The predicted octanol–water partition coefficient (Wildman–Crippen LogP) is 2.06. The minimum atomic E-state index is 0.258. The van der Waals surface area contributed by atoms with E-state index in [0.29, 0.717) is 0 Å². The molecule has 0 aromatic heterocycles. The average molecular weight is 205 g/mol. The van der Waals surface area contributed by atoms with Crippen molar-refractivity contribution in [3.63, 3.8) is 0 Å². The van der Waals surface area contributed by atoms with Gasteiger partial charge in [0, 0.05) is 13.2 Å². The van der Waals surface area contributed by atoms with Crippen LogP contribution in [-0.2, 0) is 0 Å². The molecule has 0 saturated carbocycles. The number of nitrogens with one attached hydrogen (secondary N) is 1. The van der Waals surface area contributed by atoms with Crippen LogP contribution in [0.5, 0.6) is 0 Å². The van der Waals surface area contributed by atoms with E-state index in [-0.39, 0.29) is 6.61 Å². The molecular formula is C13H19NO. The van der Waals surface area contributed by atoms with Crippen molar-refractivity contribution in [3.8, 4) is 0 Å². The molecule has 2 N–H and O–H groups in total. The molecule has 0 heterocycles. The van der Waals surface area contributed by atoms with Crippen LogP contribution in [0, 0.1) is 0 Å². The zero-order valence-corrected chi connectivity index (χ0v) is 9.24. The number of aliphatic hydroxyl groups excluding tert-OH is 1. The highest BCUT2D eigenvalue weighted by atomic mass is 16.3. The Morgan fingerprint density at radius 3 is 2.73 bits per heavy atom. The molecule has 2 nitrogen and oxygen atoms in total. The summed E-state index contributed by atoms with van der Waals surface area (Å²) in [7, 11) is 0. The van der Waals surface area contributed by atoms with Gasteiger partial charge in [-0.05, 0) is 25.5 Å². The normalized spacial score (nSPS) is 11.7. The molecule has 1 aromatic rings. The molecule has 1 rings (SSSR count). The molecule has 2 heteroatoms. The Hall–Kier alpha value is -1.12. The molecule has 15 heavy (non-hydrogen) atoms. The first kappa shape index (κ1) is 12.0. The van der Waals surface area contributed by atoms with Gasteiger partial charge in [0.05, 0.1) is 0 Å². The lowest BCUT2D eigenvalue weighted by Crippen LogP contribution is -2.18. The molecule has 0 radical (unpaired) electrons. The van der Waals surface area contributed by atoms with Crippen LogP contribution in [0.3, 0.4) is 0 Å². The Morgan fingerprint density at radius 2 is 2.07 bits per heavy atom. The highest BCUT2D eigenvalue weighted by Gasteiger charge is 1.91. The second-order valence-electron chi connectivity index (χ2n) is 3.66. The van der Waals surface area contributed by atoms with E-state index >= 15 is 0 Å². The van der Waals surface area contributed by atoms with Crippen molar-refractivity contribution in [1.29, 1.82) is 0 Å². The lowest BCUT2D eigenvalue weighted by Gasteiger charge is -2.03. The summed E-state index contributed by atoms with van der Waals surface area (Å²) < 4.78 is 0. The van der Waals surface area contributed by atoms with Crippen molar-refractivity contribution in [2.45, 2.75) is 13.3 Å². The molecule has 0 aliphatic rings. The predicted molar refractivity (Wildman–Crippen MR) is 64.7 cm³/mol. The number of hydrogen-bond donors (Lipinski definition) is 2. The highest BCUT2D eigenvalue weighted by Crippen LogP contribution is 2.04. The third-order valence-corrected chi connectivity index (χ3v) is 2.13. The number of hydrogen-bond acceptors (Lipinski definition) is 2. The summed E-state index contributed by atoms with van der Waals surface area (Å²) in [6, 6.07) is 10.3. The summed E-state index contributed by atoms with van der Waals surface area (Å²) in [5.41, 5.74) is 2.54. The molecule has 0 saturated heterocycles. The van der Waals surface area contributed by atoms with Gasteiger partial charge >= 0.3 is 0 Å². The first-order chi connectivity index (χ1) is 7.33. The first-order valence-corrected chi connectivity index (χ1v) is 5.36. The minimum absolute atomic E-state index is 0.258. The van der Waals surface area contributed by atoms with Gasteiger partial charge in [-0.3, -0.25) is 0 Å². The molecular weight excluding hydrogens is 186 g/mol. The van der Waals surface area contributed by atoms with Crippen LogP contribution in [0.4, 0.5) is 0 Å². The van der Waals surface area contributed by atoms with Crippen molar-refractivity contribution in [2.24, 2.45) is 0 Å². The second-order valence-corrected chi connectivity index (χ2v) is 3.66. The number of benzene rings is 1. The smallest absolute Gasteiger partial charge is 0.0443 e. The van der Waals surface area contributed by atoms with E-state index in [9.17, 15) is 0 Å². The SMILES string of the molecule is C/C(=C/c1ccccc1)CNCCCO. The van der Waals surface area contributed by atoms with Gasteiger partial charge in [-0.1, -0.05) is 42.0 Å². The van der Waals surface area contributed by atoms with Gasteiger partial charge in [-0.15, -0.1) is 0 Å². The fourth-order valence-corrected chi connectivity index (χ4v) is 1.37. The van der Waals surface area contributed by atoms with Crippen molar-refractivity contribution in [3.05, 3.63) is 41.5 Å². The Kier molecular flexibility index (Phi) is 5.74. The zero-order chi connectivity index (χ0) is 10.9. The van der Waals surface area contributed by atoms with E-state index in [2.05, 4.69) is 30.4 Å².